The van der Waals surface area contributed by atoms with E-state index in [1.54, 1.807) is 0 Å². The minimum atomic E-state index is 0.581. The highest BCUT2D eigenvalue weighted by Crippen LogP contribution is 2.35. The molecule has 4 rings (SSSR count). The zero-order chi connectivity index (χ0) is 19.2. The van der Waals surface area contributed by atoms with Gasteiger partial charge < -0.3 is 0 Å². The van der Waals surface area contributed by atoms with E-state index in [-0.39, 0.29) is 0 Å². The molecule has 1 nitrogen and oxygen atoms in total. The Hall–Kier alpha value is -2.41. The average molecular weight is 358 g/mol. The molecule has 0 saturated carbocycles. The molecule has 0 saturated heterocycles. The average Bonchev–Trinajstić information content (AvgIpc) is 2.93. The van der Waals surface area contributed by atoms with E-state index in [9.17, 15) is 0 Å². The maximum absolute atomic E-state index is 4.89. The summed E-state index contributed by atoms with van der Waals surface area (Å²) in [6.45, 7) is 9.31. The van der Waals surface area contributed by atoms with Crippen molar-refractivity contribution in [3.8, 4) is 0 Å². The standard InChI is InChI=1S/C24H25N.C2H6/c1-17-7-6-10-19(12-11-17)22-15-18(2)16-23-21(22)13-14-25-24(23)20-8-4-3-5-9-20;1-2/h3-9,11,15-16,19H,10,12-14H2,1-2H3;1-2H3. The summed E-state index contributed by atoms with van der Waals surface area (Å²) in [5, 5.41) is 0. The molecule has 1 heteroatoms. The Balaban J connectivity index is 0.00000102. The SMILES string of the molecule is CC.CC1=CCC(c2cc(C)cc3c2CCN=C3c2ccccc2)CC=C1. The zero-order valence-electron chi connectivity index (χ0n) is 17.1. The molecule has 0 N–H and O–H groups in total. The summed E-state index contributed by atoms with van der Waals surface area (Å²) in [5.41, 5.74) is 9.53. The third kappa shape index (κ3) is 4.30. The summed E-state index contributed by atoms with van der Waals surface area (Å²) in [4.78, 5) is 4.89. The number of allylic oxidation sites excluding steroid dienone is 4. The van der Waals surface area contributed by atoms with E-state index in [0.29, 0.717) is 5.92 Å². The minimum Gasteiger partial charge on any atom is -0.284 e. The Labute approximate surface area is 164 Å². The molecule has 0 spiro atoms. The van der Waals surface area contributed by atoms with Gasteiger partial charge in [-0.05, 0) is 56.2 Å². The lowest BCUT2D eigenvalue weighted by Gasteiger charge is -2.25. The van der Waals surface area contributed by atoms with Crippen molar-refractivity contribution in [3.05, 3.63) is 94.1 Å². The van der Waals surface area contributed by atoms with Crippen LogP contribution in [-0.2, 0) is 6.42 Å². The predicted molar refractivity (Wildman–Crippen MR) is 118 cm³/mol. The van der Waals surface area contributed by atoms with Crippen LogP contribution in [0.15, 0.2) is 71.3 Å². The molecule has 0 radical (unpaired) electrons. The second-order valence-corrected chi connectivity index (χ2v) is 7.25. The van der Waals surface area contributed by atoms with Gasteiger partial charge in [0.2, 0.25) is 0 Å². The smallest absolute Gasteiger partial charge is 0.0722 e. The molecule has 0 fully saturated rings. The number of aliphatic imine (C=N–C) groups is 1. The Kier molecular flexibility index (Phi) is 6.45. The van der Waals surface area contributed by atoms with Gasteiger partial charge >= 0.3 is 0 Å². The fourth-order valence-electron chi connectivity index (χ4n) is 4.07. The fraction of sp³-hybridized carbons (Fsp3) is 0.346. The van der Waals surface area contributed by atoms with Gasteiger partial charge in [0, 0.05) is 17.7 Å². The molecule has 1 atom stereocenters. The monoisotopic (exact) mass is 357 g/mol. The quantitative estimate of drug-likeness (QED) is 0.561. The first-order valence-corrected chi connectivity index (χ1v) is 10.3. The lowest BCUT2D eigenvalue weighted by Crippen LogP contribution is -2.18. The van der Waals surface area contributed by atoms with Crippen LogP contribution < -0.4 is 0 Å². The Morgan fingerprint density at radius 2 is 1.74 bits per heavy atom. The Morgan fingerprint density at radius 1 is 0.963 bits per heavy atom. The third-order valence-electron chi connectivity index (χ3n) is 5.33. The van der Waals surface area contributed by atoms with Gasteiger partial charge in [-0.1, -0.05) is 79.6 Å². The molecule has 0 aromatic heterocycles. The van der Waals surface area contributed by atoms with Crippen LogP contribution in [0.5, 0.6) is 0 Å². The summed E-state index contributed by atoms with van der Waals surface area (Å²) >= 11 is 0. The van der Waals surface area contributed by atoms with E-state index in [1.165, 1.54) is 39.1 Å². The molecule has 1 unspecified atom stereocenters. The van der Waals surface area contributed by atoms with Crippen LogP contribution in [0.3, 0.4) is 0 Å². The number of nitrogens with zero attached hydrogens (tertiary/aromatic N) is 1. The van der Waals surface area contributed by atoms with Gasteiger partial charge in [0.1, 0.15) is 0 Å². The maximum Gasteiger partial charge on any atom is 0.0722 e. The highest BCUT2D eigenvalue weighted by Gasteiger charge is 2.23. The van der Waals surface area contributed by atoms with Crippen molar-refractivity contribution >= 4 is 5.71 Å². The largest absolute Gasteiger partial charge is 0.284 e. The molecule has 140 valence electrons. The van der Waals surface area contributed by atoms with Gasteiger partial charge in [-0.2, -0.15) is 0 Å². The lowest BCUT2D eigenvalue weighted by atomic mass is 9.81. The summed E-state index contributed by atoms with van der Waals surface area (Å²) in [6.07, 6.45) is 10.3. The molecule has 1 heterocycles. The van der Waals surface area contributed by atoms with E-state index in [2.05, 4.69) is 74.5 Å². The Morgan fingerprint density at radius 3 is 2.52 bits per heavy atom. The topological polar surface area (TPSA) is 12.4 Å². The first kappa shape index (κ1) is 19.4. The van der Waals surface area contributed by atoms with Crippen molar-refractivity contribution in [3.63, 3.8) is 0 Å². The number of hydrogen-bond donors (Lipinski definition) is 0. The maximum atomic E-state index is 4.89. The highest BCUT2D eigenvalue weighted by atomic mass is 14.7. The van der Waals surface area contributed by atoms with Gasteiger partial charge in [-0.15, -0.1) is 0 Å². The van der Waals surface area contributed by atoms with Crippen LogP contribution >= 0.6 is 0 Å². The van der Waals surface area contributed by atoms with E-state index < -0.39 is 0 Å². The molecule has 2 aliphatic rings. The summed E-state index contributed by atoms with van der Waals surface area (Å²) in [7, 11) is 0. The van der Waals surface area contributed by atoms with Gasteiger partial charge in [0.05, 0.1) is 5.71 Å². The summed E-state index contributed by atoms with van der Waals surface area (Å²) in [6, 6.07) is 15.4. The van der Waals surface area contributed by atoms with Crippen LogP contribution in [0.25, 0.3) is 0 Å². The molecule has 1 aliphatic heterocycles. The third-order valence-corrected chi connectivity index (χ3v) is 5.33. The number of benzene rings is 2. The molecular formula is C26H31N. The molecule has 27 heavy (non-hydrogen) atoms. The minimum absolute atomic E-state index is 0.581. The van der Waals surface area contributed by atoms with Gasteiger partial charge in [-0.25, -0.2) is 0 Å². The van der Waals surface area contributed by atoms with Crippen molar-refractivity contribution in [2.45, 2.75) is 52.9 Å². The highest BCUT2D eigenvalue weighted by molar-refractivity contribution is 6.14. The van der Waals surface area contributed by atoms with Gasteiger partial charge in [-0.3, -0.25) is 4.99 Å². The molecular weight excluding hydrogens is 326 g/mol. The van der Waals surface area contributed by atoms with E-state index >= 15 is 0 Å². The first-order valence-electron chi connectivity index (χ1n) is 10.3. The van der Waals surface area contributed by atoms with Crippen molar-refractivity contribution in [2.24, 2.45) is 4.99 Å². The van der Waals surface area contributed by atoms with Crippen LogP contribution in [0.4, 0.5) is 0 Å². The number of fused-ring (bicyclic) bond motifs is 1. The molecule has 0 amide bonds. The van der Waals surface area contributed by atoms with E-state index in [0.717, 1.165) is 25.8 Å². The second kappa shape index (κ2) is 8.99. The Bertz CT molecular complexity index is 869. The van der Waals surface area contributed by atoms with Gasteiger partial charge in [0.25, 0.3) is 0 Å². The van der Waals surface area contributed by atoms with E-state index in [4.69, 9.17) is 4.99 Å². The summed E-state index contributed by atoms with van der Waals surface area (Å²) < 4.78 is 0. The second-order valence-electron chi connectivity index (χ2n) is 7.25. The number of rotatable bonds is 2. The zero-order valence-corrected chi connectivity index (χ0v) is 17.1. The van der Waals surface area contributed by atoms with Crippen molar-refractivity contribution in [2.75, 3.05) is 6.54 Å². The normalized spacial score (nSPS) is 18.4. The van der Waals surface area contributed by atoms with Crippen molar-refractivity contribution in [1.82, 2.24) is 0 Å². The molecule has 2 aromatic rings. The molecule has 1 aliphatic carbocycles. The van der Waals surface area contributed by atoms with Crippen LogP contribution in [0, 0.1) is 6.92 Å². The van der Waals surface area contributed by atoms with Crippen molar-refractivity contribution < 1.29 is 0 Å². The van der Waals surface area contributed by atoms with Gasteiger partial charge in [0.15, 0.2) is 0 Å². The number of aryl methyl sites for hydroxylation is 1. The van der Waals surface area contributed by atoms with E-state index in [1.807, 2.05) is 13.8 Å². The first-order chi connectivity index (χ1) is 13.2. The van der Waals surface area contributed by atoms with Crippen molar-refractivity contribution in [1.29, 1.82) is 0 Å². The van der Waals surface area contributed by atoms with Crippen LogP contribution in [0.2, 0.25) is 0 Å². The van der Waals surface area contributed by atoms with Crippen LogP contribution in [0.1, 0.15) is 67.3 Å². The number of hydrogen-bond acceptors (Lipinski definition) is 1. The molecule has 2 aromatic carbocycles. The fourth-order valence-corrected chi connectivity index (χ4v) is 4.07. The predicted octanol–water partition coefficient (Wildman–Crippen LogP) is 6.79. The molecule has 0 bridgehead atoms. The lowest BCUT2D eigenvalue weighted by molar-refractivity contribution is 0.701. The van der Waals surface area contributed by atoms with Crippen LogP contribution in [-0.4, -0.2) is 12.3 Å². The summed E-state index contributed by atoms with van der Waals surface area (Å²) in [5.74, 6) is 0.581.